The zero-order valence-electron chi connectivity index (χ0n) is 20.6. The van der Waals surface area contributed by atoms with Crippen molar-refractivity contribution in [1.29, 1.82) is 0 Å². The van der Waals surface area contributed by atoms with Crippen molar-refractivity contribution in [3.63, 3.8) is 0 Å². The number of anilines is 1. The summed E-state index contributed by atoms with van der Waals surface area (Å²) in [5, 5.41) is 9.14. The molecule has 3 heterocycles. The molecule has 1 amide bonds. The van der Waals surface area contributed by atoms with Crippen molar-refractivity contribution in [3.05, 3.63) is 54.3 Å². The number of nitrogens with one attached hydrogen (secondary N) is 3. The predicted molar refractivity (Wildman–Crippen MR) is 144 cm³/mol. The Balaban J connectivity index is 1.08. The van der Waals surface area contributed by atoms with Gasteiger partial charge in [-0.25, -0.2) is 9.97 Å². The van der Waals surface area contributed by atoms with Gasteiger partial charge in [-0.15, -0.1) is 0 Å². The number of carbonyl (C=O) groups excluding carboxylic acids is 1. The summed E-state index contributed by atoms with van der Waals surface area (Å²) in [7, 11) is 0. The van der Waals surface area contributed by atoms with Gasteiger partial charge in [0.25, 0.3) is 0 Å². The summed E-state index contributed by atoms with van der Waals surface area (Å²) in [6.45, 7) is 8.75. The molecular formula is C28H33ClN6O. The zero-order valence-corrected chi connectivity index (χ0v) is 21.4. The number of carbonyl (C=O) groups is 1. The van der Waals surface area contributed by atoms with E-state index >= 15 is 0 Å². The number of likely N-dealkylation sites (tertiary alicyclic amines) is 1. The lowest BCUT2D eigenvalue weighted by Crippen LogP contribution is -2.50. The van der Waals surface area contributed by atoms with Crippen molar-refractivity contribution in [2.24, 2.45) is 17.8 Å². The van der Waals surface area contributed by atoms with E-state index in [2.05, 4.69) is 46.2 Å². The Labute approximate surface area is 216 Å². The van der Waals surface area contributed by atoms with Gasteiger partial charge in [0.15, 0.2) is 0 Å². The average Bonchev–Trinajstić information content (AvgIpc) is 3.20. The van der Waals surface area contributed by atoms with Gasteiger partial charge >= 0.3 is 0 Å². The number of piperidine rings is 1. The van der Waals surface area contributed by atoms with Crippen LogP contribution in [0.25, 0.3) is 22.2 Å². The molecule has 1 unspecified atom stereocenters. The van der Waals surface area contributed by atoms with E-state index in [1.807, 2.05) is 23.2 Å². The monoisotopic (exact) mass is 504 g/mol. The topological polar surface area (TPSA) is 85.9 Å². The molecule has 6 rings (SSSR count). The molecule has 1 aliphatic heterocycles. The van der Waals surface area contributed by atoms with E-state index in [-0.39, 0.29) is 11.4 Å². The van der Waals surface area contributed by atoms with Crippen molar-refractivity contribution in [2.75, 3.05) is 25.0 Å². The number of rotatable bonds is 7. The predicted octanol–water partition coefficient (Wildman–Crippen LogP) is 4.87. The third-order valence-corrected chi connectivity index (χ3v) is 8.80. The van der Waals surface area contributed by atoms with Gasteiger partial charge in [-0.2, -0.15) is 0 Å². The molecule has 8 heteroatoms. The van der Waals surface area contributed by atoms with Crippen LogP contribution in [0.1, 0.15) is 32.6 Å². The molecule has 1 aromatic carbocycles. The van der Waals surface area contributed by atoms with E-state index in [0.717, 1.165) is 67.5 Å². The Kier molecular flexibility index (Phi) is 6.00. The minimum absolute atomic E-state index is 0.0688. The van der Waals surface area contributed by atoms with Crippen LogP contribution >= 0.6 is 11.6 Å². The van der Waals surface area contributed by atoms with Gasteiger partial charge in [0.1, 0.15) is 0 Å². The lowest BCUT2D eigenvalue weighted by Gasteiger charge is -2.39. The molecule has 2 aliphatic carbocycles. The van der Waals surface area contributed by atoms with Gasteiger partial charge in [-0.3, -0.25) is 4.79 Å². The van der Waals surface area contributed by atoms with E-state index in [1.165, 1.54) is 6.08 Å². The first kappa shape index (κ1) is 23.5. The Bertz CT molecular complexity index is 1290. The average molecular weight is 505 g/mol. The minimum Gasteiger partial charge on any atom is -0.360 e. The fourth-order valence-corrected chi connectivity index (χ4v) is 6.66. The number of nitrogens with zero attached hydrogens (tertiary/aromatic N) is 3. The quantitative estimate of drug-likeness (QED) is 0.399. The molecule has 3 N–H and O–H groups in total. The molecule has 3 fully saturated rings. The highest BCUT2D eigenvalue weighted by Gasteiger charge is 2.56. The van der Waals surface area contributed by atoms with Crippen LogP contribution in [0.15, 0.2) is 49.3 Å². The van der Waals surface area contributed by atoms with Crippen LogP contribution in [-0.4, -0.2) is 57.0 Å². The number of hydrogen-bond acceptors (Lipinski definition) is 5. The Morgan fingerprint density at radius 2 is 2.14 bits per heavy atom. The summed E-state index contributed by atoms with van der Waals surface area (Å²) in [5.74, 6) is 2.67. The molecule has 7 nitrogen and oxygen atoms in total. The molecule has 2 aromatic heterocycles. The zero-order chi connectivity index (χ0) is 24.9. The van der Waals surface area contributed by atoms with E-state index in [9.17, 15) is 4.79 Å². The molecule has 3 aliphatic rings. The SMILES string of the molecule is C=CC(=O)N1C[C@@H]2C(CN[C@@]3(C)CCC[C@@H](Nc4ncc(Cl)c(-c5c[nH]c6ccccc56)n4)C3)[C@@H]2C1. The highest BCUT2D eigenvalue weighted by Crippen LogP contribution is 2.51. The molecule has 3 aromatic rings. The van der Waals surface area contributed by atoms with Crippen LogP contribution in [-0.2, 0) is 4.79 Å². The highest BCUT2D eigenvalue weighted by molar-refractivity contribution is 6.33. The van der Waals surface area contributed by atoms with Gasteiger partial charge in [-0.1, -0.05) is 36.4 Å². The van der Waals surface area contributed by atoms with Crippen LogP contribution in [0.5, 0.6) is 0 Å². The van der Waals surface area contributed by atoms with Gasteiger partial charge in [0.2, 0.25) is 11.9 Å². The van der Waals surface area contributed by atoms with Crippen LogP contribution in [0.3, 0.4) is 0 Å². The number of aromatic nitrogens is 3. The summed E-state index contributed by atoms with van der Waals surface area (Å²) < 4.78 is 0. The number of para-hydroxylation sites is 1. The Morgan fingerprint density at radius 3 is 2.94 bits per heavy atom. The molecule has 0 bridgehead atoms. The normalized spacial score (nSPS) is 29.2. The maximum absolute atomic E-state index is 11.9. The molecule has 0 spiro atoms. The van der Waals surface area contributed by atoms with Crippen molar-refractivity contribution >= 4 is 34.4 Å². The van der Waals surface area contributed by atoms with Crippen molar-refractivity contribution in [2.45, 2.75) is 44.2 Å². The Hall–Kier alpha value is -2.90. The molecule has 5 atom stereocenters. The number of halogens is 1. The first-order valence-corrected chi connectivity index (χ1v) is 13.3. The Morgan fingerprint density at radius 1 is 1.33 bits per heavy atom. The van der Waals surface area contributed by atoms with Gasteiger partial charge < -0.3 is 20.5 Å². The fraction of sp³-hybridized carbons (Fsp3) is 0.464. The fourth-order valence-electron chi connectivity index (χ4n) is 6.47. The number of hydrogen-bond donors (Lipinski definition) is 3. The van der Waals surface area contributed by atoms with Gasteiger partial charge in [0.05, 0.1) is 16.9 Å². The number of benzene rings is 1. The first-order chi connectivity index (χ1) is 17.4. The molecule has 1 saturated heterocycles. The van der Waals surface area contributed by atoms with Crippen LogP contribution < -0.4 is 10.6 Å². The highest BCUT2D eigenvalue weighted by atomic mass is 35.5. The third-order valence-electron chi connectivity index (χ3n) is 8.52. The summed E-state index contributed by atoms with van der Waals surface area (Å²) in [6, 6.07) is 8.46. The second-order valence-electron chi connectivity index (χ2n) is 11.0. The van der Waals surface area contributed by atoms with Crippen molar-refractivity contribution in [3.8, 4) is 11.3 Å². The summed E-state index contributed by atoms with van der Waals surface area (Å²) in [5.41, 5.74) is 2.87. The third kappa shape index (κ3) is 4.39. The van der Waals surface area contributed by atoms with Crippen LogP contribution in [0.4, 0.5) is 5.95 Å². The lowest BCUT2D eigenvalue weighted by molar-refractivity contribution is -0.125. The van der Waals surface area contributed by atoms with Gasteiger partial charge in [-0.05, 0) is 69.0 Å². The number of amides is 1. The maximum Gasteiger partial charge on any atom is 0.245 e. The standard InChI is InChI=1S/C28H33ClN6O/c1-3-25(36)35-15-21-19(22(21)16-35)13-32-28(2)10-6-7-17(11-28)33-27-31-14-23(29)26(34-27)20-12-30-24-9-5-4-8-18(20)24/h3-5,8-9,12,14,17,19,21-22,30,32H,1,6-7,10-11,13,15-16H2,2H3,(H,31,33,34)/t17-,19?,21-,22+,28+/m1/s1. The summed E-state index contributed by atoms with van der Waals surface area (Å²) in [4.78, 5) is 26.4. The first-order valence-electron chi connectivity index (χ1n) is 13.0. The molecule has 2 saturated carbocycles. The lowest BCUT2D eigenvalue weighted by atomic mass is 9.80. The largest absolute Gasteiger partial charge is 0.360 e. The molecular weight excluding hydrogens is 472 g/mol. The number of H-pyrrole nitrogens is 1. The maximum atomic E-state index is 11.9. The number of fused-ring (bicyclic) bond motifs is 2. The van der Waals surface area contributed by atoms with E-state index in [1.54, 1.807) is 6.20 Å². The smallest absolute Gasteiger partial charge is 0.245 e. The summed E-state index contributed by atoms with van der Waals surface area (Å²) in [6.07, 6.45) is 9.52. The summed E-state index contributed by atoms with van der Waals surface area (Å²) >= 11 is 6.52. The van der Waals surface area contributed by atoms with Crippen LogP contribution in [0.2, 0.25) is 5.02 Å². The van der Waals surface area contributed by atoms with Crippen molar-refractivity contribution in [1.82, 2.24) is 25.2 Å². The molecule has 36 heavy (non-hydrogen) atoms. The molecule has 0 radical (unpaired) electrons. The second-order valence-corrected chi connectivity index (χ2v) is 11.4. The molecule has 188 valence electrons. The van der Waals surface area contributed by atoms with E-state index < -0.39 is 0 Å². The van der Waals surface area contributed by atoms with Gasteiger partial charge in [0, 0.05) is 47.3 Å². The number of aromatic amines is 1. The van der Waals surface area contributed by atoms with Crippen molar-refractivity contribution < 1.29 is 4.79 Å². The van der Waals surface area contributed by atoms with E-state index in [4.69, 9.17) is 16.6 Å². The minimum atomic E-state index is 0.0688. The van der Waals surface area contributed by atoms with E-state index in [0.29, 0.717) is 34.8 Å². The van der Waals surface area contributed by atoms with Crippen LogP contribution in [0, 0.1) is 17.8 Å². The second kappa shape index (κ2) is 9.20.